The standard InChI is InChI=1S/C13H8ClFN2O3/c14-11-9(5-7(15)6-16-11)12(18)17-10-4-2-1-3-8(10)13(19)20/h1-6H,(H,17,18)(H,19,20). The summed E-state index contributed by atoms with van der Waals surface area (Å²) < 4.78 is 13.1. The van der Waals surface area contributed by atoms with Crippen molar-refractivity contribution in [2.45, 2.75) is 0 Å². The van der Waals surface area contributed by atoms with E-state index in [1.165, 1.54) is 18.2 Å². The monoisotopic (exact) mass is 294 g/mol. The zero-order valence-corrected chi connectivity index (χ0v) is 10.7. The summed E-state index contributed by atoms with van der Waals surface area (Å²) in [7, 11) is 0. The smallest absolute Gasteiger partial charge is 0.337 e. The number of anilines is 1. The van der Waals surface area contributed by atoms with Crippen LogP contribution in [0.15, 0.2) is 36.5 Å². The molecule has 0 saturated heterocycles. The molecule has 2 aromatic rings. The number of hydrogen-bond acceptors (Lipinski definition) is 3. The average Bonchev–Trinajstić information content (AvgIpc) is 2.41. The molecule has 0 aliphatic carbocycles. The van der Waals surface area contributed by atoms with E-state index in [9.17, 15) is 14.0 Å². The summed E-state index contributed by atoms with van der Waals surface area (Å²) >= 11 is 5.70. The second kappa shape index (κ2) is 5.66. The van der Waals surface area contributed by atoms with E-state index in [2.05, 4.69) is 10.3 Å². The van der Waals surface area contributed by atoms with E-state index in [1.807, 2.05) is 0 Å². The highest BCUT2D eigenvalue weighted by molar-refractivity contribution is 6.33. The van der Waals surface area contributed by atoms with E-state index in [0.29, 0.717) is 0 Å². The molecule has 0 spiro atoms. The van der Waals surface area contributed by atoms with Crippen LogP contribution >= 0.6 is 11.6 Å². The Balaban J connectivity index is 2.33. The van der Waals surface area contributed by atoms with Gasteiger partial charge in [-0.3, -0.25) is 4.79 Å². The molecular formula is C13H8ClFN2O3. The summed E-state index contributed by atoms with van der Waals surface area (Å²) in [5.74, 6) is -2.65. The van der Waals surface area contributed by atoms with Gasteiger partial charge >= 0.3 is 5.97 Å². The lowest BCUT2D eigenvalue weighted by Gasteiger charge is -2.08. The number of rotatable bonds is 3. The minimum atomic E-state index is -1.19. The highest BCUT2D eigenvalue weighted by Gasteiger charge is 2.16. The number of carboxylic acid groups (broad SMARTS) is 1. The molecule has 1 heterocycles. The highest BCUT2D eigenvalue weighted by atomic mass is 35.5. The van der Waals surface area contributed by atoms with Crippen molar-refractivity contribution in [1.82, 2.24) is 4.98 Å². The first-order valence-corrected chi connectivity index (χ1v) is 5.81. The zero-order chi connectivity index (χ0) is 14.7. The molecule has 2 rings (SSSR count). The normalized spacial score (nSPS) is 10.1. The SMILES string of the molecule is O=C(O)c1ccccc1NC(=O)c1cc(F)cnc1Cl. The predicted octanol–water partition coefficient (Wildman–Crippen LogP) is 2.82. The minimum absolute atomic E-state index is 0.0821. The second-order valence-corrected chi connectivity index (χ2v) is 4.15. The van der Waals surface area contributed by atoms with E-state index in [4.69, 9.17) is 16.7 Å². The average molecular weight is 295 g/mol. The van der Waals surface area contributed by atoms with Crippen LogP contribution in [0.2, 0.25) is 5.15 Å². The number of carbonyl (C=O) groups excluding carboxylic acids is 1. The fourth-order valence-corrected chi connectivity index (χ4v) is 1.74. The van der Waals surface area contributed by atoms with Crippen molar-refractivity contribution in [2.24, 2.45) is 0 Å². The maximum absolute atomic E-state index is 13.1. The van der Waals surface area contributed by atoms with Gasteiger partial charge in [0.05, 0.1) is 23.0 Å². The first-order valence-electron chi connectivity index (χ1n) is 5.44. The molecule has 102 valence electrons. The van der Waals surface area contributed by atoms with Crippen molar-refractivity contribution in [3.63, 3.8) is 0 Å². The molecule has 7 heteroatoms. The molecule has 0 atom stereocenters. The van der Waals surface area contributed by atoms with Crippen LogP contribution in [0.25, 0.3) is 0 Å². The Labute approximate surface area is 118 Å². The Kier molecular flexibility index (Phi) is 3.95. The zero-order valence-electron chi connectivity index (χ0n) is 9.93. The Hall–Kier alpha value is -2.47. The number of aromatic carboxylic acids is 1. The van der Waals surface area contributed by atoms with E-state index in [0.717, 1.165) is 12.3 Å². The lowest BCUT2D eigenvalue weighted by molar-refractivity contribution is 0.0698. The molecule has 0 aliphatic heterocycles. The Morgan fingerprint density at radius 3 is 2.65 bits per heavy atom. The minimum Gasteiger partial charge on any atom is -0.478 e. The largest absolute Gasteiger partial charge is 0.478 e. The van der Waals surface area contributed by atoms with Gasteiger partial charge in [0, 0.05) is 0 Å². The van der Waals surface area contributed by atoms with E-state index in [-0.39, 0.29) is 22.0 Å². The van der Waals surface area contributed by atoms with Gasteiger partial charge in [0.2, 0.25) is 0 Å². The molecule has 0 unspecified atom stereocenters. The van der Waals surface area contributed by atoms with E-state index < -0.39 is 17.7 Å². The maximum atomic E-state index is 13.1. The summed E-state index contributed by atoms with van der Waals surface area (Å²) in [5.41, 5.74) is -0.168. The topological polar surface area (TPSA) is 79.3 Å². The van der Waals surface area contributed by atoms with Crippen LogP contribution in [0.3, 0.4) is 0 Å². The van der Waals surface area contributed by atoms with Gasteiger partial charge in [0.15, 0.2) is 0 Å². The molecule has 0 fully saturated rings. The van der Waals surface area contributed by atoms with Crippen LogP contribution < -0.4 is 5.32 Å². The van der Waals surface area contributed by atoms with E-state index >= 15 is 0 Å². The van der Waals surface area contributed by atoms with Gasteiger partial charge in [-0.15, -0.1) is 0 Å². The first-order chi connectivity index (χ1) is 9.49. The molecule has 1 aromatic carbocycles. The molecule has 20 heavy (non-hydrogen) atoms. The number of carbonyl (C=O) groups is 2. The molecule has 2 N–H and O–H groups in total. The summed E-state index contributed by atoms with van der Waals surface area (Å²) in [6, 6.07) is 6.77. The predicted molar refractivity (Wildman–Crippen MR) is 70.6 cm³/mol. The highest BCUT2D eigenvalue weighted by Crippen LogP contribution is 2.19. The molecule has 5 nitrogen and oxygen atoms in total. The Bertz CT molecular complexity index is 691. The van der Waals surface area contributed by atoms with Crippen LogP contribution in [0.4, 0.5) is 10.1 Å². The van der Waals surface area contributed by atoms with Crippen LogP contribution in [-0.2, 0) is 0 Å². The molecule has 1 aromatic heterocycles. The first kappa shape index (κ1) is 14.0. The summed E-state index contributed by atoms with van der Waals surface area (Å²) in [5, 5.41) is 11.2. The third kappa shape index (κ3) is 2.92. The van der Waals surface area contributed by atoms with Crippen molar-refractivity contribution in [2.75, 3.05) is 5.32 Å². The van der Waals surface area contributed by atoms with Crippen LogP contribution in [0.5, 0.6) is 0 Å². The van der Waals surface area contributed by atoms with Crippen molar-refractivity contribution < 1.29 is 19.1 Å². The third-order valence-corrected chi connectivity index (χ3v) is 2.76. The molecule has 1 amide bonds. The van der Waals surface area contributed by atoms with Crippen molar-refractivity contribution in [1.29, 1.82) is 0 Å². The lowest BCUT2D eigenvalue weighted by Crippen LogP contribution is -2.15. The van der Waals surface area contributed by atoms with Crippen molar-refractivity contribution in [3.8, 4) is 0 Å². The molecule has 0 bridgehead atoms. The van der Waals surface area contributed by atoms with Crippen LogP contribution in [-0.4, -0.2) is 22.0 Å². The number of hydrogen-bond donors (Lipinski definition) is 2. The number of nitrogens with one attached hydrogen (secondary N) is 1. The number of carboxylic acids is 1. The third-order valence-electron chi connectivity index (χ3n) is 2.46. The van der Waals surface area contributed by atoms with Crippen LogP contribution in [0.1, 0.15) is 20.7 Å². The van der Waals surface area contributed by atoms with Gasteiger partial charge in [0.1, 0.15) is 11.0 Å². The molecule has 0 aliphatic rings. The van der Waals surface area contributed by atoms with Gasteiger partial charge in [-0.05, 0) is 18.2 Å². The number of nitrogens with zero attached hydrogens (tertiary/aromatic N) is 1. The van der Waals surface area contributed by atoms with Gasteiger partial charge in [-0.1, -0.05) is 23.7 Å². The number of aromatic nitrogens is 1. The molecule has 0 radical (unpaired) electrons. The fourth-order valence-electron chi connectivity index (χ4n) is 1.55. The lowest BCUT2D eigenvalue weighted by atomic mass is 10.1. The molecule has 0 saturated carbocycles. The Morgan fingerprint density at radius 2 is 1.95 bits per heavy atom. The fraction of sp³-hybridized carbons (Fsp3) is 0. The van der Waals surface area contributed by atoms with Gasteiger partial charge in [-0.25, -0.2) is 14.2 Å². The number of halogens is 2. The van der Waals surface area contributed by atoms with Gasteiger partial charge < -0.3 is 10.4 Å². The van der Waals surface area contributed by atoms with Gasteiger partial charge in [-0.2, -0.15) is 0 Å². The second-order valence-electron chi connectivity index (χ2n) is 3.80. The summed E-state index contributed by atoms with van der Waals surface area (Å²) in [4.78, 5) is 26.5. The number of pyridine rings is 1. The number of para-hydroxylation sites is 1. The summed E-state index contributed by atoms with van der Waals surface area (Å²) in [6.45, 7) is 0. The quantitative estimate of drug-likeness (QED) is 0.853. The van der Waals surface area contributed by atoms with Crippen molar-refractivity contribution in [3.05, 3.63) is 58.6 Å². The molecular weight excluding hydrogens is 287 g/mol. The van der Waals surface area contributed by atoms with Gasteiger partial charge in [0.25, 0.3) is 5.91 Å². The number of benzene rings is 1. The van der Waals surface area contributed by atoms with Crippen LogP contribution in [0, 0.1) is 5.82 Å². The number of amides is 1. The summed E-state index contributed by atoms with van der Waals surface area (Å²) in [6.07, 6.45) is 0.879. The van der Waals surface area contributed by atoms with Crippen molar-refractivity contribution >= 4 is 29.2 Å². The Morgan fingerprint density at radius 1 is 1.25 bits per heavy atom. The van der Waals surface area contributed by atoms with E-state index in [1.54, 1.807) is 6.07 Å². The maximum Gasteiger partial charge on any atom is 0.337 e.